The van der Waals surface area contributed by atoms with Crippen LogP contribution in [-0.4, -0.2) is 38.4 Å². The van der Waals surface area contributed by atoms with Gasteiger partial charge in [0.05, 0.1) is 19.0 Å². The number of nitrogens with zero attached hydrogens (tertiary/aromatic N) is 3. The van der Waals surface area contributed by atoms with Crippen molar-refractivity contribution in [3.05, 3.63) is 12.7 Å². The standard InChI is InChI=1S/C8H8N4OS/c1-5(13-1)2-14-8-6-7(10-3-9-6)11-4-12-8/h3-5H,1-2H2,(H,9,10,11,12)/t5-/m1/s1. The zero-order valence-electron chi connectivity index (χ0n) is 7.30. The van der Waals surface area contributed by atoms with Crippen molar-refractivity contribution in [1.82, 2.24) is 19.9 Å². The highest BCUT2D eigenvalue weighted by molar-refractivity contribution is 7.99. The molecule has 1 aliphatic heterocycles. The predicted molar refractivity (Wildman–Crippen MR) is 52.1 cm³/mol. The third-order valence-corrected chi connectivity index (χ3v) is 3.12. The summed E-state index contributed by atoms with van der Waals surface area (Å²) in [7, 11) is 0. The van der Waals surface area contributed by atoms with Gasteiger partial charge in [0.2, 0.25) is 0 Å². The SMILES string of the molecule is c1nc(SC[C@H]2CO2)c2[nH]cnc2n1. The van der Waals surface area contributed by atoms with Crippen LogP contribution in [-0.2, 0) is 4.74 Å². The first-order chi connectivity index (χ1) is 6.93. The van der Waals surface area contributed by atoms with Crippen LogP contribution in [0.5, 0.6) is 0 Å². The van der Waals surface area contributed by atoms with Crippen LogP contribution in [0.1, 0.15) is 0 Å². The Labute approximate surface area is 84.3 Å². The molecular weight excluding hydrogens is 200 g/mol. The number of H-pyrrole nitrogens is 1. The number of ether oxygens (including phenoxy) is 1. The topological polar surface area (TPSA) is 67.0 Å². The van der Waals surface area contributed by atoms with Gasteiger partial charge in [-0.25, -0.2) is 15.0 Å². The molecule has 0 bridgehead atoms. The molecule has 2 aromatic rings. The Kier molecular flexibility index (Phi) is 1.88. The Balaban J connectivity index is 1.89. The summed E-state index contributed by atoms with van der Waals surface area (Å²) in [5.74, 6) is 0.950. The van der Waals surface area contributed by atoms with E-state index in [1.54, 1.807) is 24.4 Å². The molecule has 2 aromatic heterocycles. The molecule has 0 amide bonds. The quantitative estimate of drug-likeness (QED) is 0.460. The lowest BCUT2D eigenvalue weighted by molar-refractivity contribution is 0.426. The number of aromatic amines is 1. The number of hydrogen-bond donors (Lipinski definition) is 1. The maximum Gasteiger partial charge on any atom is 0.181 e. The number of aromatic nitrogens is 4. The van der Waals surface area contributed by atoms with Crippen LogP contribution in [0.3, 0.4) is 0 Å². The summed E-state index contributed by atoms with van der Waals surface area (Å²) in [5, 5.41) is 0.947. The van der Waals surface area contributed by atoms with Gasteiger partial charge in [-0.05, 0) is 0 Å². The summed E-state index contributed by atoms with van der Waals surface area (Å²) in [5.41, 5.74) is 1.64. The number of epoxide rings is 1. The van der Waals surface area contributed by atoms with Crippen molar-refractivity contribution >= 4 is 22.9 Å². The van der Waals surface area contributed by atoms with Crippen LogP contribution in [0.4, 0.5) is 0 Å². The number of imidazole rings is 1. The Morgan fingerprint density at radius 3 is 3.29 bits per heavy atom. The minimum absolute atomic E-state index is 0.410. The van der Waals surface area contributed by atoms with Gasteiger partial charge in [-0.2, -0.15) is 0 Å². The van der Waals surface area contributed by atoms with Gasteiger partial charge in [-0.3, -0.25) is 0 Å². The lowest BCUT2D eigenvalue weighted by atomic mass is 10.6. The summed E-state index contributed by atoms with van der Waals surface area (Å²) in [4.78, 5) is 15.4. The van der Waals surface area contributed by atoms with Gasteiger partial charge in [0.15, 0.2) is 5.65 Å². The van der Waals surface area contributed by atoms with E-state index in [-0.39, 0.29) is 0 Å². The van der Waals surface area contributed by atoms with E-state index in [4.69, 9.17) is 4.74 Å². The van der Waals surface area contributed by atoms with E-state index < -0.39 is 0 Å². The van der Waals surface area contributed by atoms with Crippen LogP contribution in [0.25, 0.3) is 11.2 Å². The Hall–Kier alpha value is -1.14. The second-order valence-corrected chi connectivity index (χ2v) is 4.06. The minimum atomic E-state index is 0.410. The molecule has 0 aliphatic carbocycles. The Morgan fingerprint density at radius 2 is 2.43 bits per heavy atom. The van der Waals surface area contributed by atoms with Gasteiger partial charge in [0.25, 0.3) is 0 Å². The van der Waals surface area contributed by atoms with Crippen molar-refractivity contribution in [2.45, 2.75) is 11.1 Å². The molecule has 1 atom stereocenters. The Bertz CT molecular complexity index is 453. The highest BCUT2D eigenvalue weighted by Crippen LogP contribution is 2.25. The fourth-order valence-corrected chi connectivity index (χ4v) is 2.14. The number of fused-ring (bicyclic) bond motifs is 1. The first kappa shape index (κ1) is 8.19. The molecule has 3 heterocycles. The maximum absolute atomic E-state index is 5.13. The normalized spacial score (nSPS) is 20.1. The number of nitrogens with one attached hydrogen (secondary N) is 1. The van der Waals surface area contributed by atoms with E-state index >= 15 is 0 Å². The van der Waals surface area contributed by atoms with E-state index in [0.717, 1.165) is 28.5 Å². The van der Waals surface area contributed by atoms with E-state index in [9.17, 15) is 0 Å². The highest BCUT2D eigenvalue weighted by atomic mass is 32.2. The predicted octanol–water partition coefficient (Wildman–Crippen LogP) is 0.844. The molecule has 1 saturated heterocycles. The molecular formula is C8H8N4OS. The van der Waals surface area contributed by atoms with E-state index in [0.29, 0.717) is 6.10 Å². The molecule has 3 rings (SSSR count). The summed E-state index contributed by atoms with van der Waals surface area (Å²) in [6, 6.07) is 0. The highest BCUT2D eigenvalue weighted by Gasteiger charge is 2.23. The number of thioether (sulfide) groups is 1. The molecule has 1 aliphatic rings. The largest absolute Gasteiger partial charge is 0.372 e. The lowest BCUT2D eigenvalue weighted by Gasteiger charge is -1.97. The fourth-order valence-electron chi connectivity index (χ4n) is 1.19. The molecule has 6 heteroatoms. The first-order valence-corrected chi connectivity index (χ1v) is 5.30. The van der Waals surface area contributed by atoms with Crippen molar-refractivity contribution in [3.63, 3.8) is 0 Å². The number of rotatable bonds is 3. The van der Waals surface area contributed by atoms with Crippen LogP contribution in [0.15, 0.2) is 17.7 Å². The van der Waals surface area contributed by atoms with Crippen LogP contribution < -0.4 is 0 Å². The van der Waals surface area contributed by atoms with Crippen molar-refractivity contribution < 1.29 is 4.74 Å². The summed E-state index contributed by atoms with van der Waals surface area (Å²) < 4.78 is 5.13. The van der Waals surface area contributed by atoms with Crippen molar-refractivity contribution in [2.75, 3.05) is 12.4 Å². The molecule has 0 unspecified atom stereocenters. The molecule has 1 N–H and O–H groups in total. The van der Waals surface area contributed by atoms with Crippen molar-refractivity contribution in [3.8, 4) is 0 Å². The second-order valence-electron chi connectivity index (χ2n) is 3.05. The zero-order valence-corrected chi connectivity index (χ0v) is 8.12. The molecule has 1 fully saturated rings. The summed E-state index contributed by atoms with van der Waals surface area (Å²) in [6.07, 6.45) is 3.59. The molecule has 5 nitrogen and oxygen atoms in total. The zero-order chi connectivity index (χ0) is 9.38. The second kappa shape index (κ2) is 3.21. The van der Waals surface area contributed by atoms with Crippen molar-refractivity contribution in [1.29, 1.82) is 0 Å². The molecule has 0 saturated carbocycles. The van der Waals surface area contributed by atoms with Crippen LogP contribution in [0, 0.1) is 0 Å². The smallest absolute Gasteiger partial charge is 0.181 e. The van der Waals surface area contributed by atoms with E-state index in [1.807, 2.05) is 0 Å². The van der Waals surface area contributed by atoms with Gasteiger partial charge in [0, 0.05) is 5.75 Å². The van der Waals surface area contributed by atoms with E-state index in [2.05, 4.69) is 19.9 Å². The molecule has 0 aromatic carbocycles. The summed E-state index contributed by atoms with van der Waals surface area (Å²) in [6.45, 7) is 0.879. The van der Waals surface area contributed by atoms with Crippen molar-refractivity contribution in [2.24, 2.45) is 0 Å². The van der Waals surface area contributed by atoms with Gasteiger partial charge >= 0.3 is 0 Å². The van der Waals surface area contributed by atoms with E-state index in [1.165, 1.54) is 0 Å². The van der Waals surface area contributed by atoms with Crippen LogP contribution >= 0.6 is 11.8 Å². The monoisotopic (exact) mass is 208 g/mol. The molecule has 0 radical (unpaired) electrons. The van der Waals surface area contributed by atoms with Gasteiger partial charge in [-0.1, -0.05) is 0 Å². The van der Waals surface area contributed by atoms with Crippen LogP contribution in [0.2, 0.25) is 0 Å². The Morgan fingerprint density at radius 1 is 1.50 bits per heavy atom. The maximum atomic E-state index is 5.13. The van der Waals surface area contributed by atoms with Gasteiger partial charge in [-0.15, -0.1) is 11.8 Å². The molecule has 0 spiro atoms. The third-order valence-electron chi connectivity index (χ3n) is 2.00. The third kappa shape index (κ3) is 1.46. The van der Waals surface area contributed by atoms with Gasteiger partial charge < -0.3 is 9.72 Å². The number of hydrogen-bond acceptors (Lipinski definition) is 5. The summed E-state index contributed by atoms with van der Waals surface area (Å²) >= 11 is 1.68. The molecule has 14 heavy (non-hydrogen) atoms. The van der Waals surface area contributed by atoms with Gasteiger partial charge in [0.1, 0.15) is 16.9 Å². The average Bonchev–Trinajstić information content (AvgIpc) is 2.91. The molecule has 72 valence electrons. The first-order valence-electron chi connectivity index (χ1n) is 4.32. The fraction of sp³-hybridized carbons (Fsp3) is 0.375. The average molecular weight is 208 g/mol. The minimum Gasteiger partial charge on any atom is -0.372 e. The lowest BCUT2D eigenvalue weighted by Crippen LogP contribution is -1.92.